The lowest BCUT2D eigenvalue weighted by molar-refractivity contribution is 0.0755. The molecule has 7 heteroatoms. The second-order valence-corrected chi connectivity index (χ2v) is 8.59. The van der Waals surface area contributed by atoms with Gasteiger partial charge in [0.1, 0.15) is 17.7 Å². The topological polar surface area (TPSA) is 57.7 Å². The summed E-state index contributed by atoms with van der Waals surface area (Å²) in [6.07, 6.45) is 2.48. The molecule has 0 radical (unpaired) electrons. The van der Waals surface area contributed by atoms with Gasteiger partial charge < -0.3 is 19.9 Å². The molecule has 0 bridgehead atoms. The molecule has 0 saturated heterocycles. The van der Waals surface area contributed by atoms with Crippen LogP contribution in [-0.2, 0) is 6.54 Å². The lowest BCUT2D eigenvalue weighted by Crippen LogP contribution is -2.33. The Hall–Kier alpha value is -3.09. The second-order valence-electron chi connectivity index (χ2n) is 8.19. The van der Waals surface area contributed by atoms with Crippen molar-refractivity contribution in [2.75, 3.05) is 38.6 Å². The Labute approximate surface area is 200 Å². The molecule has 0 aliphatic carbocycles. The van der Waals surface area contributed by atoms with E-state index in [1.54, 1.807) is 12.3 Å². The SMILES string of the molecule is CNCCC(Oc1ccc(CN2CCN(C)c3ncccc3C2=O)c(Cl)c1)c1ccccc1. The van der Waals surface area contributed by atoms with Crippen LogP contribution in [0.2, 0.25) is 5.02 Å². The van der Waals surface area contributed by atoms with E-state index in [0.29, 0.717) is 41.8 Å². The summed E-state index contributed by atoms with van der Waals surface area (Å²) in [5.74, 6) is 1.40. The zero-order chi connectivity index (χ0) is 23.2. The highest BCUT2D eigenvalue weighted by Crippen LogP contribution is 2.30. The first-order valence-electron chi connectivity index (χ1n) is 11.2. The van der Waals surface area contributed by atoms with E-state index in [1.807, 2.05) is 66.4 Å². The fourth-order valence-electron chi connectivity index (χ4n) is 4.00. The lowest BCUT2D eigenvalue weighted by Gasteiger charge is -2.23. The van der Waals surface area contributed by atoms with Crippen molar-refractivity contribution in [1.29, 1.82) is 0 Å². The molecule has 0 spiro atoms. The lowest BCUT2D eigenvalue weighted by atomic mass is 10.1. The molecule has 0 fully saturated rings. The van der Waals surface area contributed by atoms with Gasteiger partial charge in [-0.3, -0.25) is 4.79 Å². The third kappa shape index (κ3) is 5.46. The van der Waals surface area contributed by atoms with E-state index in [-0.39, 0.29) is 12.0 Å². The normalized spacial score (nSPS) is 14.6. The number of hydrogen-bond acceptors (Lipinski definition) is 5. The van der Waals surface area contributed by atoms with Crippen molar-refractivity contribution in [1.82, 2.24) is 15.2 Å². The molecule has 1 amide bonds. The molecule has 33 heavy (non-hydrogen) atoms. The quantitative estimate of drug-likeness (QED) is 0.529. The zero-order valence-corrected chi connectivity index (χ0v) is 19.8. The number of rotatable bonds is 8. The smallest absolute Gasteiger partial charge is 0.257 e. The highest BCUT2D eigenvalue weighted by atomic mass is 35.5. The average molecular weight is 465 g/mol. The monoisotopic (exact) mass is 464 g/mol. The highest BCUT2D eigenvalue weighted by Gasteiger charge is 2.26. The van der Waals surface area contributed by atoms with Crippen molar-refractivity contribution >= 4 is 23.3 Å². The Morgan fingerprint density at radius 3 is 2.70 bits per heavy atom. The molecule has 172 valence electrons. The number of benzene rings is 2. The Bertz CT molecular complexity index is 1090. The van der Waals surface area contributed by atoms with Gasteiger partial charge in [-0.25, -0.2) is 4.98 Å². The molecular weight excluding hydrogens is 436 g/mol. The van der Waals surface area contributed by atoms with Gasteiger partial charge in [0.15, 0.2) is 0 Å². The van der Waals surface area contributed by atoms with Crippen molar-refractivity contribution in [3.63, 3.8) is 0 Å². The number of ether oxygens (including phenoxy) is 1. The Balaban J connectivity index is 1.50. The molecule has 1 N–H and O–H groups in total. The van der Waals surface area contributed by atoms with E-state index in [2.05, 4.69) is 22.4 Å². The molecule has 2 heterocycles. The van der Waals surface area contributed by atoms with Crippen LogP contribution >= 0.6 is 11.6 Å². The second kappa shape index (κ2) is 10.7. The van der Waals surface area contributed by atoms with Gasteiger partial charge in [0.05, 0.1) is 5.56 Å². The largest absolute Gasteiger partial charge is 0.486 e. The van der Waals surface area contributed by atoms with E-state index >= 15 is 0 Å². The van der Waals surface area contributed by atoms with Crippen LogP contribution in [0, 0.1) is 0 Å². The number of aromatic nitrogens is 1. The number of pyridine rings is 1. The highest BCUT2D eigenvalue weighted by molar-refractivity contribution is 6.31. The van der Waals surface area contributed by atoms with E-state index in [0.717, 1.165) is 24.1 Å². The van der Waals surface area contributed by atoms with Gasteiger partial charge in [0, 0.05) is 44.3 Å². The molecular formula is C26H29ClN4O2. The van der Waals surface area contributed by atoms with Crippen LogP contribution in [0.5, 0.6) is 5.75 Å². The van der Waals surface area contributed by atoms with Gasteiger partial charge in [-0.05, 0) is 49.0 Å². The van der Waals surface area contributed by atoms with Crippen LogP contribution < -0.4 is 15.0 Å². The van der Waals surface area contributed by atoms with Crippen molar-refractivity contribution < 1.29 is 9.53 Å². The first-order valence-corrected chi connectivity index (χ1v) is 11.5. The molecule has 1 aromatic heterocycles. The summed E-state index contributed by atoms with van der Waals surface area (Å²) in [4.78, 5) is 21.4. The number of hydrogen-bond donors (Lipinski definition) is 1. The molecule has 1 aliphatic heterocycles. The zero-order valence-electron chi connectivity index (χ0n) is 19.0. The Kier molecular flexibility index (Phi) is 7.47. The van der Waals surface area contributed by atoms with Gasteiger partial charge in [0.2, 0.25) is 0 Å². The summed E-state index contributed by atoms with van der Waals surface area (Å²) < 4.78 is 6.31. The number of amides is 1. The minimum absolute atomic E-state index is 0.0324. The van der Waals surface area contributed by atoms with Crippen LogP contribution in [0.15, 0.2) is 66.9 Å². The average Bonchev–Trinajstić information content (AvgIpc) is 2.96. The van der Waals surface area contributed by atoms with Gasteiger partial charge in [-0.15, -0.1) is 0 Å². The fourth-order valence-corrected chi connectivity index (χ4v) is 4.23. The van der Waals surface area contributed by atoms with Crippen molar-refractivity contribution in [2.24, 2.45) is 0 Å². The number of nitrogens with one attached hydrogen (secondary N) is 1. The molecule has 0 saturated carbocycles. The standard InChI is InChI=1S/C26H29ClN4O2/c1-28-14-12-24(19-7-4-3-5-8-19)33-21-11-10-20(23(27)17-21)18-31-16-15-30(2)25-22(26(31)32)9-6-13-29-25/h3-11,13,17,24,28H,12,14-16,18H2,1-2H3. The predicted molar refractivity (Wildman–Crippen MR) is 132 cm³/mol. The van der Waals surface area contributed by atoms with Crippen LogP contribution in [0.1, 0.15) is 34.0 Å². The van der Waals surface area contributed by atoms with E-state index < -0.39 is 0 Å². The minimum Gasteiger partial charge on any atom is -0.486 e. The molecule has 2 aromatic carbocycles. The number of anilines is 1. The Morgan fingerprint density at radius 2 is 1.94 bits per heavy atom. The number of likely N-dealkylation sites (N-methyl/N-ethyl adjacent to an activating group) is 1. The number of nitrogens with zero attached hydrogens (tertiary/aromatic N) is 3. The maximum absolute atomic E-state index is 13.2. The summed E-state index contributed by atoms with van der Waals surface area (Å²) in [5.41, 5.74) is 2.63. The summed E-state index contributed by atoms with van der Waals surface area (Å²) in [6, 6.07) is 19.5. The van der Waals surface area contributed by atoms with Gasteiger partial charge in [-0.1, -0.05) is 48.0 Å². The third-order valence-corrected chi connectivity index (χ3v) is 6.22. The molecule has 6 nitrogen and oxygen atoms in total. The van der Waals surface area contributed by atoms with Crippen LogP contribution in [0.3, 0.4) is 0 Å². The summed E-state index contributed by atoms with van der Waals surface area (Å²) in [6.45, 7) is 2.58. The maximum atomic E-state index is 13.2. The van der Waals surface area contributed by atoms with Crippen molar-refractivity contribution in [2.45, 2.75) is 19.1 Å². The van der Waals surface area contributed by atoms with Gasteiger partial charge in [-0.2, -0.15) is 0 Å². The number of carbonyl (C=O) groups excluding carboxylic acids is 1. The fraction of sp³-hybridized carbons (Fsp3) is 0.308. The van der Waals surface area contributed by atoms with E-state index in [4.69, 9.17) is 16.3 Å². The summed E-state index contributed by atoms with van der Waals surface area (Å²) in [7, 11) is 3.89. The number of halogens is 1. The van der Waals surface area contributed by atoms with Crippen LogP contribution in [0.25, 0.3) is 0 Å². The van der Waals surface area contributed by atoms with Gasteiger partial charge in [0.25, 0.3) is 5.91 Å². The third-order valence-electron chi connectivity index (χ3n) is 5.86. The maximum Gasteiger partial charge on any atom is 0.257 e. The summed E-state index contributed by atoms with van der Waals surface area (Å²) in [5, 5.41) is 3.78. The van der Waals surface area contributed by atoms with Gasteiger partial charge >= 0.3 is 0 Å². The molecule has 3 aromatic rings. The van der Waals surface area contributed by atoms with E-state index in [9.17, 15) is 4.79 Å². The molecule has 1 aliphatic rings. The number of carbonyl (C=O) groups is 1. The summed E-state index contributed by atoms with van der Waals surface area (Å²) >= 11 is 6.65. The molecule has 1 unspecified atom stereocenters. The molecule has 4 rings (SSSR count). The first kappa shape index (κ1) is 23.1. The predicted octanol–water partition coefficient (Wildman–Crippen LogP) is 4.56. The van der Waals surface area contributed by atoms with Crippen LogP contribution in [-0.4, -0.2) is 49.5 Å². The molecule has 1 atom stereocenters. The van der Waals surface area contributed by atoms with Crippen molar-refractivity contribution in [3.05, 3.63) is 88.6 Å². The van der Waals surface area contributed by atoms with Crippen LogP contribution in [0.4, 0.5) is 5.82 Å². The minimum atomic E-state index is -0.0766. The number of fused-ring (bicyclic) bond motifs is 1. The first-order chi connectivity index (χ1) is 16.1. The van der Waals surface area contributed by atoms with Crippen molar-refractivity contribution in [3.8, 4) is 5.75 Å². The Morgan fingerprint density at radius 1 is 1.12 bits per heavy atom. The van der Waals surface area contributed by atoms with E-state index in [1.165, 1.54) is 0 Å².